The molecule has 2 fully saturated rings. The van der Waals surface area contributed by atoms with Crippen molar-refractivity contribution in [3.63, 3.8) is 0 Å². The van der Waals surface area contributed by atoms with Gasteiger partial charge in [0.1, 0.15) is 23.9 Å². The molecule has 0 spiro atoms. The van der Waals surface area contributed by atoms with Gasteiger partial charge in [0.05, 0.1) is 17.8 Å². The molecule has 11 nitrogen and oxygen atoms in total. The number of cyclic esters (lactones) is 1. The van der Waals surface area contributed by atoms with Crippen LogP contribution in [0.1, 0.15) is 19.4 Å². The first kappa shape index (κ1) is 24.8. The Balaban J connectivity index is 1.33. The fourth-order valence-electron chi connectivity index (χ4n) is 4.18. The number of benzene rings is 2. The molecule has 2 aliphatic rings. The van der Waals surface area contributed by atoms with Crippen LogP contribution in [-0.2, 0) is 14.3 Å². The SMILES string of the molecule is CC(=O)Oc1cc(N2CC(COc3ccc(N4CCN(C(C)=O)CC4)cc3)OC2=O)ccc1C(=N)N. The molecule has 2 heterocycles. The quantitative estimate of drug-likeness (QED) is 0.257. The summed E-state index contributed by atoms with van der Waals surface area (Å²) in [6.45, 7) is 6.22. The Morgan fingerprint density at radius 3 is 2.33 bits per heavy atom. The molecular formula is C25H29N5O6. The van der Waals surface area contributed by atoms with Gasteiger partial charge in [0, 0.05) is 51.8 Å². The lowest BCUT2D eigenvalue weighted by Crippen LogP contribution is -2.48. The fraction of sp³-hybridized carbons (Fsp3) is 0.360. The number of nitrogens with one attached hydrogen (secondary N) is 1. The highest BCUT2D eigenvalue weighted by Crippen LogP contribution is 2.29. The maximum atomic E-state index is 12.5. The lowest BCUT2D eigenvalue weighted by molar-refractivity contribution is -0.132. The van der Waals surface area contributed by atoms with Crippen LogP contribution in [0.4, 0.5) is 16.2 Å². The molecule has 1 atom stereocenters. The third-order valence-corrected chi connectivity index (χ3v) is 6.06. The van der Waals surface area contributed by atoms with Crippen LogP contribution in [0.25, 0.3) is 0 Å². The molecule has 2 aromatic carbocycles. The number of anilines is 2. The van der Waals surface area contributed by atoms with Crippen LogP contribution in [0.5, 0.6) is 11.5 Å². The minimum atomic E-state index is -0.561. The third kappa shape index (κ3) is 5.68. The second kappa shape index (κ2) is 10.5. The van der Waals surface area contributed by atoms with Gasteiger partial charge in [-0.15, -0.1) is 0 Å². The highest BCUT2D eigenvalue weighted by Gasteiger charge is 2.33. The maximum absolute atomic E-state index is 12.5. The summed E-state index contributed by atoms with van der Waals surface area (Å²) in [5.74, 6) is 0.0375. The predicted molar refractivity (Wildman–Crippen MR) is 133 cm³/mol. The molecule has 2 saturated heterocycles. The van der Waals surface area contributed by atoms with Crippen molar-refractivity contribution in [2.24, 2.45) is 5.73 Å². The fourth-order valence-corrected chi connectivity index (χ4v) is 4.18. The first-order valence-electron chi connectivity index (χ1n) is 11.6. The second-order valence-corrected chi connectivity index (χ2v) is 8.60. The van der Waals surface area contributed by atoms with Crippen molar-refractivity contribution < 1.29 is 28.6 Å². The third-order valence-electron chi connectivity index (χ3n) is 6.06. The van der Waals surface area contributed by atoms with Crippen molar-refractivity contribution in [3.05, 3.63) is 48.0 Å². The molecule has 2 aromatic rings. The molecule has 0 aliphatic carbocycles. The largest absolute Gasteiger partial charge is 0.490 e. The monoisotopic (exact) mass is 495 g/mol. The summed E-state index contributed by atoms with van der Waals surface area (Å²) in [7, 11) is 0. The first-order chi connectivity index (χ1) is 17.2. The number of carbonyl (C=O) groups excluding carboxylic acids is 3. The van der Waals surface area contributed by atoms with E-state index in [2.05, 4.69) is 4.90 Å². The van der Waals surface area contributed by atoms with Crippen molar-refractivity contribution in [1.29, 1.82) is 5.41 Å². The molecular weight excluding hydrogens is 466 g/mol. The van der Waals surface area contributed by atoms with Gasteiger partial charge in [0.2, 0.25) is 5.91 Å². The normalized spacial score (nSPS) is 17.6. The Morgan fingerprint density at radius 1 is 1.06 bits per heavy atom. The molecule has 11 heteroatoms. The van der Waals surface area contributed by atoms with Gasteiger partial charge in [-0.2, -0.15) is 0 Å². The van der Waals surface area contributed by atoms with Crippen molar-refractivity contribution in [2.75, 3.05) is 49.1 Å². The van der Waals surface area contributed by atoms with E-state index in [-0.39, 0.29) is 36.2 Å². The Kier molecular flexibility index (Phi) is 7.28. The zero-order chi connectivity index (χ0) is 25.8. The van der Waals surface area contributed by atoms with E-state index < -0.39 is 18.2 Å². The average molecular weight is 496 g/mol. The molecule has 0 aromatic heterocycles. The van der Waals surface area contributed by atoms with Gasteiger partial charge in [-0.3, -0.25) is 19.9 Å². The summed E-state index contributed by atoms with van der Waals surface area (Å²) in [5, 5.41) is 7.65. The van der Waals surface area contributed by atoms with Crippen molar-refractivity contribution >= 4 is 35.2 Å². The predicted octanol–water partition coefficient (Wildman–Crippen LogP) is 1.97. The Bertz CT molecular complexity index is 1160. The standard InChI is InChI=1S/C25H29N5O6/c1-16(31)28-9-11-29(12-10-28)18-3-6-20(7-4-18)34-15-21-14-30(25(33)36-21)19-5-8-22(24(26)27)23(13-19)35-17(2)32/h3-8,13,21H,9-12,14-15H2,1-2H3,(H3,26,27). The lowest BCUT2D eigenvalue weighted by Gasteiger charge is -2.35. The van der Waals surface area contributed by atoms with Crippen LogP contribution in [0.15, 0.2) is 42.5 Å². The van der Waals surface area contributed by atoms with Gasteiger partial charge < -0.3 is 29.7 Å². The minimum absolute atomic E-state index is 0.0995. The van der Waals surface area contributed by atoms with E-state index in [9.17, 15) is 14.4 Å². The van der Waals surface area contributed by atoms with Crippen molar-refractivity contribution in [2.45, 2.75) is 20.0 Å². The van der Waals surface area contributed by atoms with E-state index in [1.54, 1.807) is 13.0 Å². The first-order valence-corrected chi connectivity index (χ1v) is 11.6. The topological polar surface area (TPSA) is 138 Å². The number of piperazine rings is 1. The summed E-state index contributed by atoms with van der Waals surface area (Å²) in [5.41, 5.74) is 7.33. The van der Waals surface area contributed by atoms with E-state index in [0.717, 1.165) is 18.8 Å². The van der Waals surface area contributed by atoms with Crippen molar-refractivity contribution in [3.8, 4) is 11.5 Å². The van der Waals surface area contributed by atoms with Crippen LogP contribution in [0, 0.1) is 5.41 Å². The van der Waals surface area contributed by atoms with Crippen LogP contribution >= 0.6 is 0 Å². The van der Waals surface area contributed by atoms with Crippen LogP contribution < -0.4 is 25.0 Å². The van der Waals surface area contributed by atoms with E-state index in [0.29, 0.717) is 24.5 Å². The number of carbonyl (C=O) groups is 3. The average Bonchev–Trinajstić information content (AvgIpc) is 3.23. The molecule has 1 unspecified atom stereocenters. The summed E-state index contributed by atoms with van der Waals surface area (Å²) in [6, 6.07) is 12.3. The Labute approximate surface area is 208 Å². The van der Waals surface area contributed by atoms with Gasteiger partial charge in [-0.1, -0.05) is 0 Å². The number of hydrogen-bond donors (Lipinski definition) is 2. The number of nitrogen functional groups attached to an aromatic ring is 1. The van der Waals surface area contributed by atoms with E-state index in [1.807, 2.05) is 29.2 Å². The molecule has 3 N–H and O–H groups in total. The summed E-state index contributed by atoms with van der Waals surface area (Å²) in [6.07, 6.45) is -1.05. The summed E-state index contributed by atoms with van der Waals surface area (Å²) < 4.78 is 16.5. The number of ether oxygens (including phenoxy) is 3. The van der Waals surface area contributed by atoms with Gasteiger partial charge >= 0.3 is 12.1 Å². The Morgan fingerprint density at radius 2 is 1.72 bits per heavy atom. The second-order valence-electron chi connectivity index (χ2n) is 8.60. The molecule has 0 saturated carbocycles. The number of nitrogens with zero attached hydrogens (tertiary/aromatic N) is 3. The molecule has 0 bridgehead atoms. The molecule has 190 valence electrons. The number of rotatable bonds is 7. The maximum Gasteiger partial charge on any atom is 0.414 e. The smallest absolute Gasteiger partial charge is 0.414 e. The molecule has 2 amide bonds. The van der Waals surface area contributed by atoms with Crippen LogP contribution in [0.2, 0.25) is 0 Å². The Hall–Kier alpha value is -4.28. The van der Waals surface area contributed by atoms with E-state index in [1.165, 1.54) is 24.0 Å². The highest BCUT2D eigenvalue weighted by molar-refractivity contribution is 5.99. The van der Waals surface area contributed by atoms with Gasteiger partial charge in [-0.25, -0.2) is 4.79 Å². The van der Waals surface area contributed by atoms with Gasteiger partial charge in [0.15, 0.2) is 6.10 Å². The highest BCUT2D eigenvalue weighted by atomic mass is 16.6. The molecule has 4 rings (SSSR count). The van der Waals surface area contributed by atoms with Crippen LogP contribution in [0.3, 0.4) is 0 Å². The molecule has 0 radical (unpaired) electrons. The number of hydrogen-bond acceptors (Lipinski definition) is 8. The van der Waals surface area contributed by atoms with Crippen LogP contribution in [-0.4, -0.2) is 74.1 Å². The van der Waals surface area contributed by atoms with Gasteiger partial charge in [-0.05, 0) is 36.4 Å². The summed E-state index contributed by atoms with van der Waals surface area (Å²) in [4.78, 5) is 40.9. The minimum Gasteiger partial charge on any atom is -0.490 e. The van der Waals surface area contributed by atoms with Gasteiger partial charge in [0.25, 0.3) is 0 Å². The zero-order valence-corrected chi connectivity index (χ0v) is 20.2. The number of esters is 1. The molecule has 36 heavy (non-hydrogen) atoms. The van der Waals surface area contributed by atoms with E-state index in [4.69, 9.17) is 25.4 Å². The zero-order valence-electron chi connectivity index (χ0n) is 20.2. The number of nitrogens with two attached hydrogens (primary N) is 1. The lowest BCUT2D eigenvalue weighted by atomic mass is 10.1. The number of amidine groups is 1. The molecule has 2 aliphatic heterocycles. The van der Waals surface area contributed by atoms with E-state index >= 15 is 0 Å². The number of amides is 2. The van der Waals surface area contributed by atoms with Crippen molar-refractivity contribution in [1.82, 2.24) is 4.90 Å². The summed E-state index contributed by atoms with van der Waals surface area (Å²) >= 11 is 0.